The number of rotatable bonds is 8. The molecule has 0 spiro atoms. The SMILES string of the molecule is C=CC(=O)OCCCC(CC)(N(C)C)S(=O)(=O)O. The van der Waals surface area contributed by atoms with Crippen LogP contribution in [0.4, 0.5) is 0 Å². The zero-order valence-corrected chi connectivity index (χ0v) is 11.9. The molecule has 0 rings (SSSR count). The maximum absolute atomic E-state index is 11.5. The average Bonchev–Trinajstić information content (AvgIpc) is 2.26. The predicted octanol–water partition coefficient (Wildman–Crippen LogP) is 1.05. The molecule has 1 atom stereocenters. The van der Waals surface area contributed by atoms with Crippen LogP contribution in [0.2, 0.25) is 0 Å². The maximum atomic E-state index is 11.5. The number of hydrogen-bond acceptors (Lipinski definition) is 5. The van der Waals surface area contributed by atoms with Crippen molar-refractivity contribution < 1.29 is 22.5 Å². The Balaban J connectivity index is 4.64. The van der Waals surface area contributed by atoms with Crippen LogP contribution >= 0.6 is 0 Å². The summed E-state index contributed by atoms with van der Waals surface area (Å²) in [5.41, 5.74) is 0. The molecule has 0 aromatic carbocycles. The Hall–Kier alpha value is -0.920. The highest BCUT2D eigenvalue weighted by atomic mass is 32.2. The molecule has 0 aliphatic carbocycles. The molecule has 0 bridgehead atoms. The van der Waals surface area contributed by atoms with Crippen LogP contribution in [0.5, 0.6) is 0 Å². The largest absolute Gasteiger partial charge is 0.463 e. The van der Waals surface area contributed by atoms with E-state index in [1.54, 1.807) is 21.0 Å². The summed E-state index contributed by atoms with van der Waals surface area (Å²) in [5, 5.41) is 0. The van der Waals surface area contributed by atoms with Gasteiger partial charge in [0.15, 0.2) is 0 Å². The molecule has 18 heavy (non-hydrogen) atoms. The Morgan fingerprint density at radius 2 is 2.06 bits per heavy atom. The molecular weight excluding hydrogens is 258 g/mol. The van der Waals surface area contributed by atoms with E-state index in [1.807, 2.05) is 0 Å². The highest BCUT2D eigenvalue weighted by Gasteiger charge is 2.42. The molecule has 0 fully saturated rings. The average molecular weight is 279 g/mol. The molecule has 106 valence electrons. The fraction of sp³-hybridized carbons (Fsp3) is 0.727. The fourth-order valence-corrected chi connectivity index (χ4v) is 3.07. The molecular formula is C11H21NO5S. The van der Waals surface area contributed by atoms with Crippen molar-refractivity contribution in [2.75, 3.05) is 20.7 Å². The zero-order valence-electron chi connectivity index (χ0n) is 11.0. The molecule has 0 amide bonds. The summed E-state index contributed by atoms with van der Waals surface area (Å²) >= 11 is 0. The predicted molar refractivity (Wildman–Crippen MR) is 68.6 cm³/mol. The van der Waals surface area contributed by atoms with Crippen LogP contribution in [0.25, 0.3) is 0 Å². The van der Waals surface area contributed by atoms with Crippen molar-refractivity contribution in [1.29, 1.82) is 0 Å². The highest BCUT2D eigenvalue weighted by Crippen LogP contribution is 2.28. The third-order valence-electron chi connectivity index (χ3n) is 2.97. The summed E-state index contributed by atoms with van der Waals surface area (Å²) < 4.78 is 37.1. The molecule has 1 unspecified atom stereocenters. The van der Waals surface area contributed by atoms with Crippen molar-refractivity contribution in [3.63, 3.8) is 0 Å². The van der Waals surface area contributed by atoms with Gasteiger partial charge in [0.2, 0.25) is 0 Å². The molecule has 0 aromatic heterocycles. The van der Waals surface area contributed by atoms with E-state index in [4.69, 9.17) is 4.74 Å². The number of esters is 1. The molecule has 1 N–H and O–H groups in total. The van der Waals surface area contributed by atoms with Crippen molar-refractivity contribution >= 4 is 16.1 Å². The summed E-state index contributed by atoms with van der Waals surface area (Å²) in [6.07, 6.45) is 1.81. The summed E-state index contributed by atoms with van der Waals surface area (Å²) in [4.78, 5) is 10.9. The van der Waals surface area contributed by atoms with Crippen LogP contribution in [0.1, 0.15) is 26.2 Å². The second-order valence-electron chi connectivity index (χ2n) is 4.14. The number of carbonyl (C=O) groups excluding carboxylic acids is 1. The Labute approximate surface area is 108 Å². The summed E-state index contributed by atoms with van der Waals surface area (Å²) in [5.74, 6) is -0.547. The van der Waals surface area contributed by atoms with Gasteiger partial charge in [-0.1, -0.05) is 13.5 Å². The van der Waals surface area contributed by atoms with Gasteiger partial charge in [0.1, 0.15) is 4.87 Å². The maximum Gasteiger partial charge on any atom is 0.330 e. The lowest BCUT2D eigenvalue weighted by Crippen LogP contribution is -2.50. The van der Waals surface area contributed by atoms with E-state index in [9.17, 15) is 17.8 Å². The van der Waals surface area contributed by atoms with Crippen molar-refractivity contribution in [2.24, 2.45) is 0 Å². The summed E-state index contributed by atoms with van der Waals surface area (Å²) in [6.45, 7) is 5.03. The molecule has 0 heterocycles. The zero-order chi connectivity index (χ0) is 14.4. The summed E-state index contributed by atoms with van der Waals surface area (Å²) in [6, 6.07) is 0. The van der Waals surface area contributed by atoms with E-state index in [0.29, 0.717) is 6.42 Å². The second kappa shape index (κ2) is 6.86. The molecule has 6 nitrogen and oxygen atoms in total. The van der Waals surface area contributed by atoms with E-state index in [-0.39, 0.29) is 19.4 Å². The van der Waals surface area contributed by atoms with E-state index >= 15 is 0 Å². The molecule has 7 heteroatoms. The van der Waals surface area contributed by atoms with Crippen molar-refractivity contribution in [1.82, 2.24) is 4.90 Å². The van der Waals surface area contributed by atoms with Gasteiger partial charge in [-0.15, -0.1) is 0 Å². The smallest absolute Gasteiger partial charge is 0.330 e. The third-order valence-corrected chi connectivity index (χ3v) is 4.79. The molecule has 0 saturated carbocycles. The van der Waals surface area contributed by atoms with Crippen LogP contribution < -0.4 is 0 Å². The Morgan fingerprint density at radius 3 is 2.39 bits per heavy atom. The fourth-order valence-electron chi connectivity index (χ4n) is 1.84. The first-order valence-corrected chi connectivity index (χ1v) is 7.09. The van der Waals surface area contributed by atoms with Gasteiger partial charge in [0.05, 0.1) is 6.61 Å². The molecule has 0 aliphatic rings. The van der Waals surface area contributed by atoms with Crippen molar-refractivity contribution in [3.8, 4) is 0 Å². The Bertz CT molecular complexity index is 390. The quantitative estimate of drug-likeness (QED) is 0.309. The van der Waals surface area contributed by atoms with E-state index < -0.39 is 21.0 Å². The first-order valence-electron chi connectivity index (χ1n) is 5.65. The molecule has 0 saturated heterocycles. The molecule has 0 aliphatic heterocycles. The lowest BCUT2D eigenvalue weighted by atomic mass is 10.1. The number of hydrogen-bond donors (Lipinski definition) is 1. The monoisotopic (exact) mass is 279 g/mol. The van der Waals surface area contributed by atoms with Crippen LogP contribution in [0.3, 0.4) is 0 Å². The third kappa shape index (κ3) is 4.08. The standard InChI is InChI=1S/C11H21NO5S/c1-5-10(13)17-9-7-8-11(6-2,12(3)4)18(14,15)16/h5H,1,6-9H2,2-4H3,(H,14,15,16). The minimum absolute atomic E-state index is 0.0932. The number of nitrogens with zero attached hydrogens (tertiary/aromatic N) is 1. The van der Waals surface area contributed by atoms with Crippen LogP contribution in [0, 0.1) is 0 Å². The van der Waals surface area contributed by atoms with Gasteiger partial charge in [-0.05, 0) is 33.4 Å². The molecule has 0 radical (unpaired) electrons. The highest BCUT2D eigenvalue weighted by molar-refractivity contribution is 7.87. The Morgan fingerprint density at radius 1 is 1.50 bits per heavy atom. The lowest BCUT2D eigenvalue weighted by molar-refractivity contribution is -0.137. The normalized spacial score (nSPS) is 15.2. The van der Waals surface area contributed by atoms with E-state index in [1.165, 1.54) is 4.90 Å². The first kappa shape index (κ1) is 17.1. The van der Waals surface area contributed by atoms with Crippen LogP contribution in [0.15, 0.2) is 12.7 Å². The minimum Gasteiger partial charge on any atom is -0.463 e. The lowest BCUT2D eigenvalue weighted by Gasteiger charge is -2.35. The van der Waals surface area contributed by atoms with Crippen LogP contribution in [-0.4, -0.2) is 49.4 Å². The van der Waals surface area contributed by atoms with E-state index in [0.717, 1.165) is 6.08 Å². The Kier molecular flexibility index (Phi) is 6.51. The van der Waals surface area contributed by atoms with Crippen LogP contribution in [-0.2, 0) is 19.6 Å². The number of ether oxygens (including phenoxy) is 1. The van der Waals surface area contributed by atoms with Crippen molar-refractivity contribution in [3.05, 3.63) is 12.7 Å². The van der Waals surface area contributed by atoms with Gasteiger partial charge in [0.25, 0.3) is 10.1 Å². The van der Waals surface area contributed by atoms with Gasteiger partial charge in [-0.3, -0.25) is 9.45 Å². The number of carbonyl (C=O) groups is 1. The van der Waals surface area contributed by atoms with Gasteiger partial charge in [-0.25, -0.2) is 4.79 Å². The van der Waals surface area contributed by atoms with Gasteiger partial charge in [0, 0.05) is 6.08 Å². The second-order valence-corrected chi connectivity index (χ2v) is 5.85. The van der Waals surface area contributed by atoms with Gasteiger partial charge >= 0.3 is 5.97 Å². The van der Waals surface area contributed by atoms with Gasteiger partial charge in [-0.2, -0.15) is 8.42 Å². The first-order chi connectivity index (χ1) is 8.21. The minimum atomic E-state index is -4.22. The van der Waals surface area contributed by atoms with Crippen molar-refractivity contribution in [2.45, 2.75) is 31.1 Å². The van der Waals surface area contributed by atoms with Gasteiger partial charge < -0.3 is 4.74 Å². The van der Waals surface area contributed by atoms with E-state index in [2.05, 4.69) is 6.58 Å². The summed E-state index contributed by atoms with van der Waals surface area (Å²) in [7, 11) is -1.04. The molecule has 0 aromatic rings. The topological polar surface area (TPSA) is 83.9 Å².